The molecule has 0 unspecified atom stereocenters. The van der Waals surface area contributed by atoms with Gasteiger partial charge in [0, 0.05) is 19.6 Å². The van der Waals surface area contributed by atoms with E-state index < -0.39 is 0 Å². The number of urea groups is 1. The van der Waals surface area contributed by atoms with E-state index in [2.05, 4.69) is 10.6 Å². The van der Waals surface area contributed by atoms with E-state index in [1.54, 1.807) is 12.0 Å². The molecule has 2 amide bonds. The molecule has 0 radical (unpaired) electrons. The molecule has 1 aromatic rings. The zero-order chi connectivity index (χ0) is 14.4. The van der Waals surface area contributed by atoms with Crippen molar-refractivity contribution in [3.63, 3.8) is 0 Å². The summed E-state index contributed by atoms with van der Waals surface area (Å²) in [5.74, 6) is 1.41. The highest BCUT2D eigenvalue weighted by Gasteiger charge is 2.18. The van der Waals surface area contributed by atoms with Gasteiger partial charge < -0.3 is 25.0 Å². The van der Waals surface area contributed by atoms with Crippen LogP contribution in [-0.4, -0.2) is 51.3 Å². The molecule has 1 saturated heterocycles. The second kappa shape index (κ2) is 7.00. The maximum absolute atomic E-state index is 11.4. The van der Waals surface area contributed by atoms with Crippen LogP contribution in [0, 0.1) is 0 Å². The highest BCUT2D eigenvalue weighted by molar-refractivity contribution is 5.76. The summed E-state index contributed by atoms with van der Waals surface area (Å²) in [5, 5.41) is 5.86. The Hall–Kier alpha value is -1.95. The van der Waals surface area contributed by atoms with E-state index in [9.17, 15) is 4.79 Å². The minimum atomic E-state index is -0.0236. The number of benzene rings is 1. The maximum Gasteiger partial charge on any atom is 0.317 e. The average Bonchev–Trinajstić information content (AvgIpc) is 2.85. The first kappa shape index (κ1) is 14.5. The number of ether oxygens (including phenoxy) is 2. The molecule has 1 fully saturated rings. The third kappa shape index (κ3) is 3.54. The summed E-state index contributed by atoms with van der Waals surface area (Å²) in [6.45, 7) is 3.24. The van der Waals surface area contributed by atoms with Crippen LogP contribution in [0.5, 0.6) is 11.5 Å². The second-order valence-electron chi connectivity index (χ2n) is 4.58. The van der Waals surface area contributed by atoms with Crippen LogP contribution in [0.2, 0.25) is 0 Å². The third-order valence-electron chi connectivity index (χ3n) is 3.17. The first-order valence-corrected chi connectivity index (χ1v) is 6.71. The van der Waals surface area contributed by atoms with Gasteiger partial charge in [0.15, 0.2) is 11.5 Å². The van der Waals surface area contributed by atoms with E-state index in [0.717, 1.165) is 18.7 Å². The molecule has 0 saturated carbocycles. The van der Waals surface area contributed by atoms with Crippen LogP contribution >= 0.6 is 0 Å². The van der Waals surface area contributed by atoms with Crippen molar-refractivity contribution >= 4 is 6.03 Å². The molecular weight excluding hydrogens is 258 g/mol. The van der Waals surface area contributed by atoms with E-state index in [-0.39, 0.29) is 6.03 Å². The van der Waals surface area contributed by atoms with Crippen molar-refractivity contribution in [1.29, 1.82) is 0 Å². The maximum atomic E-state index is 11.4. The predicted molar refractivity (Wildman–Crippen MR) is 76.2 cm³/mol. The molecular formula is C14H21N3O3. The van der Waals surface area contributed by atoms with Gasteiger partial charge in [-0.1, -0.05) is 6.07 Å². The largest absolute Gasteiger partial charge is 0.493 e. The first-order valence-electron chi connectivity index (χ1n) is 6.71. The van der Waals surface area contributed by atoms with Crippen LogP contribution in [0.1, 0.15) is 5.56 Å². The smallest absolute Gasteiger partial charge is 0.317 e. The van der Waals surface area contributed by atoms with E-state index in [0.29, 0.717) is 31.2 Å². The standard InChI is InChI=1S/C14H21N3O3/c1-15-10-11-3-4-12(19-2)13(9-11)20-8-7-17-6-5-16-14(17)18/h3-4,9,15H,5-8,10H2,1-2H3,(H,16,18). The van der Waals surface area contributed by atoms with E-state index in [1.807, 2.05) is 25.2 Å². The molecule has 2 rings (SSSR count). The van der Waals surface area contributed by atoms with E-state index >= 15 is 0 Å². The molecule has 6 nitrogen and oxygen atoms in total. The monoisotopic (exact) mass is 279 g/mol. The Balaban J connectivity index is 1.93. The summed E-state index contributed by atoms with van der Waals surface area (Å²) < 4.78 is 11.0. The SMILES string of the molecule is CNCc1ccc(OC)c(OCCN2CCNC2=O)c1. The lowest BCUT2D eigenvalue weighted by molar-refractivity contribution is 0.201. The Morgan fingerprint density at radius 3 is 2.90 bits per heavy atom. The van der Waals surface area contributed by atoms with Gasteiger partial charge in [-0.15, -0.1) is 0 Å². The molecule has 0 spiro atoms. The topological polar surface area (TPSA) is 62.8 Å². The first-order chi connectivity index (χ1) is 9.74. The highest BCUT2D eigenvalue weighted by Crippen LogP contribution is 2.28. The molecule has 1 aromatic carbocycles. The van der Waals surface area contributed by atoms with Gasteiger partial charge in [0.2, 0.25) is 0 Å². The number of hydrogen-bond donors (Lipinski definition) is 2. The van der Waals surface area contributed by atoms with Gasteiger partial charge in [-0.25, -0.2) is 4.79 Å². The van der Waals surface area contributed by atoms with Crippen LogP contribution in [0.3, 0.4) is 0 Å². The Bertz CT molecular complexity index is 465. The van der Waals surface area contributed by atoms with Gasteiger partial charge in [0.1, 0.15) is 6.61 Å². The Kier molecular flexibility index (Phi) is 5.06. The molecule has 110 valence electrons. The Morgan fingerprint density at radius 1 is 1.40 bits per heavy atom. The van der Waals surface area contributed by atoms with Crippen LogP contribution < -0.4 is 20.1 Å². The zero-order valence-electron chi connectivity index (χ0n) is 11.9. The molecule has 1 heterocycles. The van der Waals surface area contributed by atoms with Crippen molar-refractivity contribution in [1.82, 2.24) is 15.5 Å². The number of carbonyl (C=O) groups excluding carboxylic acids is 1. The molecule has 0 atom stereocenters. The fraction of sp³-hybridized carbons (Fsp3) is 0.500. The third-order valence-corrected chi connectivity index (χ3v) is 3.17. The number of hydrogen-bond acceptors (Lipinski definition) is 4. The predicted octanol–water partition coefficient (Wildman–Crippen LogP) is 0.819. The van der Waals surface area contributed by atoms with Crippen LogP contribution in [0.25, 0.3) is 0 Å². The number of nitrogens with one attached hydrogen (secondary N) is 2. The minimum Gasteiger partial charge on any atom is -0.493 e. The number of nitrogens with zero attached hydrogens (tertiary/aromatic N) is 1. The van der Waals surface area contributed by atoms with Gasteiger partial charge in [-0.2, -0.15) is 0 Å². The van der Waals surface area contributed by atoms with Crippen molar-refractivity contribution in [3.8, 4) is 11.5 Å². The fourth-order valence-corrected chi connectivity index (χ4v) is 2.14. The van der Waals surface area contributed by atoms with Crippen LogP contribution in [-0.2, 0) is 6.54 Å². The van der Waals surface area contributed by atoms with E-state index in [1.165, 1.54) is 0 Å². The molecule has 0 aliphatic carbocycles. The quantitative estimate of drug-likeness (QED) is 0.775. The number of carbonyl (C=O) groups is 1. The van der Waals surface area contributed by atoms with Gasteiger partial charge in [-0.05, 0) is 24.7 Å². The number of methoxy groups -OCH3 is 1. The zero-order valence-corrected chi connectivity index (χ0v) is 11.9. The van der Waals surface area contributed by atoms with Crippen molar-refractivity contribution in [2.24, 2.45) is 0 Å². The lowest BCUT2D eigenvalue weighted by Crippen LogP contribution is -2.31. The van der Waals surface area contributed by atoms with Crippen molar-refractivity contribution < 1.29 is 14.3 Å². The van der Waals surface area contributed by atoms with Gasteiger partial charge in [0.25, 0.3) is 0 Å². The van der Waals surface area contributed by atoms with Gasteiger partial charge in [-0.3, -0.25) is 0 Å². The summed E-state index contributed by atoms with van der Waals surface area (Å²) in [6, 6.07) is 5.82. The summed E-state index contributed by atoms with van der Waals surface area (Å²) in [4.78, 5) is 13.1. The number of rotatable bonds is 7. The molecule has 0 bridgehead atoms. The lowest BCUT2D eigenvalue weighted by atomic mass is 10.2. The van der Waals surface area contributed by atoms with Crippen LogP contribution in [0.4, 0.5) is 4.79 Å². The minimum absolute atomic E-state index is 0.0236. The number of amides is 2. The van der Waals surface area contributed by atoms with Gasteiger partial charge >= 0.3 is 6.03 Å². The molecule has 20 heavy (non-hydrogen) atoms. The normalized spacial score (nSPS) is 14.3. The molecule has 6 heteroatoms. The van der Waals surface area contributed by atoms with Crippen molar-refractivity contribution in [3.05, 3.63) is 23.8 Å². The summed E-state index contributed by atoms with van der Waals surface area (Å²) in [6.07, 6.45) is 0. The summed E-state index contributed by atoms with van der Waals surface area (Å²) in [7, 11) is 3.52. The van der Waals surface area contributed by atoms with E-state index in [4.69, 9.17) is 9.47 Å². The summed E-state index contributed by atoms with van der Waals surface area (Å²) >= 11 is 0. The Labute approximate surface area is 119 Å². The molecule has 1 aliphatic heterocycles. The average molecular weight is 279 g/mol. The van der Waals surface area contributed by atoms with Crippen molar-refractivity contribution in [2.45, 2.75) is 6.54 Å². The molecule has 2 N–H and O–H groups in total. The van der Waals surface area contributed by atoms with Crippen LogP contribution in [0.15, 0.2) is 18.2 Å². The molecule has 0 aromatic heterocycles. The second-order valence-corrected chi connectivity index (χ2v) is 4.58. The lowest BCUT2D eigenvalue weighted by Gasteiger charge is -2.16. The van der Waals surface area contributed by atoms with Crippen molar-refractivity contribution in [2.75, 3.05) is 40.4 Å². The van der Waals surface area contributed by atoms with Gasteiger partial charge in [0.05, 0.1) is 13.7 Å². The fourth-order valence-electron chi connectivity index (χ4n) is 2.14. The summed E-state index contributed by atoms with van der Waals surface area (Å²) in [5.41, 5.74) is 1.13. The Morgan fingerprint density at radius 2 is 2.25 bits per heavy atom. The molecule has 1 aliphatic rings. The highest BCUT2D eigenvalue weighted by atomic mass is 16.5.